The third-order valence-corrected chi connectivity index (χ3v) is 5.56. The van der Waals surface area contributed by atoms with E-state index < -0.39 is 0 Å². The highest BCUT2D eigenvalue weighted by Crippen LogP contribution is 2.33. The maximum absolute atomic E-state index is 12.9. The van der Waals surface area contributed by atoms with Gasteiger partial charge in [0.05, 0.1) is 0 Å². The Balaban J connectivity index is 1.23. The first-order chi connectivity index (χ1) is 15.7. The van der Waals surface area contributed by atoms with Crippen LogP contribution in [0.25, 0.3) is 0 Å². The number of fused-ring (bicyclic) bond motifs is 2. The molecule has 0 aliphatic carbocycles. The molecule has 7 heteroatoms. The average Bonchev–Trinajstić information content (AvgIpc) is 3.26. The van der Waals surface area contributed by atoms with E-state index in [-0.39, 0.29) is 11.9 Å². The molecule has 0 bridgehead atoms. The fourth-order valence-electron chi connectivity index (χ4n) is 3.96. The highest BCUT2D eigenvalue weighted by atomic mass is 16.6. The average molecular weight is 429 g/mol. The molecule has 0 saturated heterocycles. The van der Waals surface area contributed by atoms with Gasteiger partial charge in [0.1, 0.15) is 13.2 Å². The van der Waals surface area contributed by atoms with E-state index >= 15 is 0 Å². The second kappa shape index (κ2) is 8.63. The van der Waals surface area contributed by atoms with Gasteiger partial charge >= 0.3 is 6.03 Å². The Morgan fingerprint density at radius 3 is 2.56 bits per heavy atom. The van der Waals surface area contributed by atoms with Crippen LogP contribution >= 0.6 is 0 Å². The number of anilines is 2. The number of ether oxygens (including phenoxy) is 2. The predicted octanol–water partition coefficient (Wildman–Crippen LogP) is 3.98. The van der Waals surface area contributed by atoms with E-state index in [0.717, 1.165) is 23.2 Å². The molecule has 32 heavy (non-hydrogen) atoms. The maximum atomic E-state index is 12.9. The van der Waals surface area contributed by atoms with E-state index in [1.807, 2.05) is 53.4 Å². The van der Waals surface area contributed by atoms with Crippen LogP contribution in [0, 0.1) is 0 Å². The lowest BCUT2D eigenvalue weighted by atomic mass is 10.1. The van der Waals surface area contributed by atoms with Gasteiger partial charge in [-0.05, 0) is 47.9 Å². The van der Waals surface area contributed by atoms with Crippen LogP contribution in [0.3, 0.4) is 0 Å². The minimum absolute atomic E-state index is 0.00851. The molecular formula is C25H23N3O4. The molecule has 0 unspecified atom stereocenters. The normalized spacial score (nSPS) is 13.9. The fraction of sp³-hybridized carbons (Fsp3) is 0.200. The summed E-state index contributed by atoms with van der Waals surface area (Å²) in [5, 5.41) is 5.68. The number of carbonyl (C=O) groups excluding carboxylic acids is 2. The van der Waals surface area contributed by atoms with Gasteiger partial charge in [0.15, 0.2) is 11.5 Å². The van der Waals surface area contributed by atoms with Gasteiger partial charge in [0.25, 0.3) is 5.91 Å². The monoisotopic (exact) mass is 429 g/mol. The van der Waals surface area contributed by atoms with E-state index in [4.69, 9.17) is 9.47 Å². The smallest absolute Gasteiger partial charge is 0.319 e. The van der Waals surface area contributed by atoms with Crippen LogP contribution in [0.15, 0.2) is 66.7 Å². The van der Waals surface area contributed by atoms with Crippen LogP contribution in [-0.2, 0) is 13.0 Å². The van der Waals surface area contributed by atoms with Crippen molar-refractivity contribution in [3.8, 4) is 11.5 Å². The molecule has 162 valence electrons. The van der Waals surface area contributed by atoms with Gasteiger partial charge in [-0.1, -0.05) is 30.3 Å². The first-order valence-corrected chi connectivity index (χ1v) is 10.6. The number of hydrogen-bond donors (Lipinski definition) is 2. The number of urea groups is 1. The molecule has 3 amide bonds. The molecule has 2 aliphatic rings. The van der Waals surface area contributed by atoms with E-state index in [1.165, 1.54) is 0 Å². The summed E-state index contributed by atoms with van der Waals surface area (Å²) in [6.07, 6.45) is 0.826. The zero-order chi connectivity index (χ0) is 21.9. The molecular weight excluding hydrogens is 406 g/mol. The summed E-state index contributed by atoms with van der Waals surface area (Å²) in [5.41, 5.74) is 4.26. The number of nitrogens with one attached hydrogen (secondary N) is 2. The summed E-state index contributed by atoms with van der Waals surface area (Å²) in [7, 11) is 0. The van der Waals surface area contributed by atoms with Gasteiger partial charge in [-0.25, -0.2) is 4.79 Å². The van der Waals surface area contributed by atoms with E-state index in [0.29, 0.717) is 49.1 Å². The SMILES string of the molecule is O=C(NCc1ccc2c(c1)N(C(=O)c1ccccc1)CC2)Nc1ccc2c(c1)OCCO2. The number of benzene rings is 3. The molecule has 0 spiro atoms. The van der Waals surface area contributed by atoms with Crippen LogP contribution < -0.4 is 25.0 Å². The molecule has 0 saturated carbocycles. The number of nitrogens with zero attached hydrogens (tertiary/aromatic N) is 1. The van der Waals surface area contributed by atoms with Crippen molar-refractivity contribution < 1.29 is 19.1 Å². The molecule has 2 N–H and O–H groups in total. The third kappa shape index (κ3) is 4.09. The summed E-state index contributed by atoms with van der Waals surface area (Å²) < 4.78 is 11.0. The van der Waals surface area contributed by atoms with Crippen LogP contribution in [0.1, 0.15) is 21.5 Å². The zero-order valence-corrected chi connectivity index (χ0v) is 17.5. The van der Waals surface area contributed by atoms with Crippen LogP contribution in [0.5, 0.6) is 11.5 Å². The first kappa shape index (κ1) is 19.9. The van der Waals surface area contributed by atoms with E-state index in [2.05, 4.69) is 10.6 Å². The number of hydrogen-bond acceptors (Lipinski definition) is 4. The Labute approximate surface area is 185 Å². The molecule has 2 aliphatic heterocycles. The maximum Gasteiger partial charge on any atom is 0.319 e. The molecule has 5 rings (SSSR count). The number of rotatable bonds is 4. The summed E-state index contributed by atoms with van der Waals surface area (Å²) in [6, 6.07) is 20.3. The van der Waals surface area contributed by atoms with Gasteiger partial charge in [-0.3, -0.25) is 4.79 Å². The fourth-order valence-corrected chi connectivity index (χ4v) is 3.96. The standard InChI is InChI=1S/C25H23N3O4/c29-24(19-4-2-1-3-5-19)28-11-10-18-7-6-17(14-21(18)28)16-26-25(30)27-20-8-9-22-23(15-20)32-13-12-31-22/h1-9,14-15H,10-13,16H2,(H2,26,27,30). The first-order valence-electron chi connectivity index (χ1n) is 10.6. The van der Waals surface area contributed by atoms with Crippen molar-refractivity contribution in [2.24, 2.45) is 0 Å². The lowest BCUT2D eigenvalue weighted by Crippen LogP contribution is -2.29. The van der Waals surface area contributed by atoms with Crippen molar-refractivity contribution in [3.63, 3.8) is 0 Å². The van der Waals surface area contributed by atoms with E-state index in [9.17, 15) is 9.59 Å². The molecule has 7 nitrogen and oxygen atoms in total. The summed E-state index contributed by atoms with van der Waals surface area (Å²) in [4.78, 5) is 27.1. The Bertz CT molecular complexity index is 1160. The highest BCUT2D eigenvalue weighted by Gasteiger charge is 2.25. The number of amides is 3. The largest absolute Gasteiger partial charge is 0.486 e. The predicted molar refractivity (Wildman–Crippen MR) is 122 cm³/mol. The van der Waals surface area contributed by atoms with Crippen molar-refractivity contribution in [1.82, 2.24) is 5.32 Å². The quantitative estimate of drug-likeness (QED) is 0.658. The molecule has 0 atom stereocenters. The summed E-state index contributed by atoms with van der Waals surface area (Å²) in [5.74, 6) is 1.29. The second-order valence-electron chi connectivity index (χ2n) is 7.70. The lowest BCUT2D eigenvalue weighted by Gasteiger charge is -2.19. The Kier molecular flexibility index (Phi) is 5.37. The molecule has 0 fully saturated rings. The van der Waals surface area contributed by atoms with Crippen LogP contribution in [0.2, 0.25) is 0 Å². The molecule has 3 aromatic rings. The van der Waals surface area contributed by atoms with Crippen molar-refractivity contribution in [3.05, 3.63) is 83.4 Å². The van der Waals surface area contributed by atoms with E-state index in [1.54, 1.807) is 18.2 Å². The minimum atomic E-state index is -0.320. The molecule has 3 aromatic carbocycles. The summed E-state index contributed by atoms with van der Waals surface area (Å²) >= 11 is 0. The molecule has 0 aromatic heterocycles. The zero-order valence-electron chi connectivity index (χ0n) is 17.5. The van der Waals surface area contributed by atoms with Crippen molar-refractivity contribution >= 4 is 23.3 Å². The van der Waals surface area contributed by atoms with Gasteiger partial charge < -0.3 is 25.0 Å². The lowest BCUT2D eigenvalue weighted by molar-refractivity contribution is 0.0989. The van der Waals surface area contributed by atoms with Gasteiger partial charge in [-0.2, -0.15) is 0 Å². The highest BCUT2D eigenvalue weighted by molar-refractivity contribution is 6.07. The van der Waals surface area contributed by atoms with Crippen molar-refractivity contribution in [1.29, 1.82) is 0 Å². The topological polar surface area (TPSA) is 79.9 Å². The minimum Gasteiger partial charge on any atom is -0.486 e. The summed E-state index contributed by atoms with van der Waals surface area (Å²) in [6.45, 7) is 2.02. The van der Waals surface area contributed by atoms with Crippen molar-refractivity contribution in [2.45, 2.75) is 13.0 Å². The second-order valence-corrected chi connectivity index (χ2v) is 7.70. The van der Waals surface area contributed by atoms with Gasteiger partial charge in [0.2, 0.25) is 0 Å². The van der Waals surface area contributed by atoms with Crippen LogP contribution in [0.4, 0.5) is 16.2 Å². The third-order valence-electron chi connectivity index (χ3n) is 5.56. The Hall–Kier alpha value is -4.00. The van der Waals surface area contributed by atoms with Gasteiger partial charge in [-0.15, -0.1) is 0 Å². The van der Waals surface area contributed by atoms with Crippen LogP contribution in [-0.4, -0.2) is 31.7 Å². The Morgan fingerprint density at radius 1 is 0.906 bits per heavy atom. The number of carbonyl (C=O) groups is 2. The molecule has 0 radical (unpaired) electrons. The Morgan fingerprint density at radius 2 is 1.72 bits per heavy atom. The van der Waals surface area contributed by atoms with Crippen molar-refractivity contribution in [2.75, 3.05) is 30.0 Å². The molecule has 2 heterocycles. The van der Waals surface area contributed by atoms with Gasteiger partial charge in [0, 0.05) is 36.1 Å².